The molecule has 19 heavy (non-hydrogen) atoms. The number of aromatic amines is 1. The number of aliphatic hydroxyl groups excluding tert-OH is 3. The van der Waals surface area contributed by atoms with Gasteiger partial charge in [0.1, 0.15) is 30.0 Å². The van der Waals surface area contributed by atoms with Crippen LogP contribution in [0.4, 0.5) is 0 Å². The molecule has 9 nitrogen and oxygen atoms in total. The highest BCUT2D eigenvalue weighted by Crippen LogP contribution is 2.34. The summed E-state index contributed by atoms with van der Waals surface area (Å²) in [7, 11) is 1.22. The van der Waals surface area contributed by atoms with Crippen LogP contribution in [-0.2, 0) is 11.8 Å². The van der Waals surface area contributed by atoms with Crippen LogP contribution in [0.2, 0.25) is 0 Å². The van der Waals surface area contributed by atoms with E-state index >= 15 is 0 Å². The second-order valence-electron chi connectivity index (χ2n) is 4.31. The molecule has 1 aliphatic rings. The maximum absolute atomic E-state index is 11.7. The Labute approximate surface area is 106 Å². The van der Waals surface area contributed by atoms with E-state index in [-0.39, 0.29) is 5.56 Å². The zero-order valence-corrected chi connectivity index (χ0v) is 9.98. The molecule has 9 heteroatoms. The van der Waals surface area contributed by atoms with Crippen molar-refractivity contribution < 1.29 is 25.2 Å². The number of rotatable bonds is 2. The van der Waals surface area contributed by atoms with Gasteiger partial charge in [0.05, 0.1) is 6.61 Å². The van der Waals surface area contributed by atoms with Crippen LogP contribution >= 0.6 is 0 Å². The van der Waals surface area contributed by atoms with Crippen molar-refractivity contribution in [2.75, 3.05) is 6.61 Å². The first-order chi connectivity index (χ1) is 8.88. The number of hydrogen-bond acceptors (Lipinski definition) is 7. The van der Waals surface area contributed by atoms with Gasteiger partial charge >= 0.3 is 5.69 Å². The molecule has 0 unspecified atom stereocenters. The molecule has 4 atom stereocenters. The molecule has 5 N–H and O–H groups in total. The number of nitrogens with one attached hydrogen (secondary N) is 1. The maximum Gasteiger partial charge on any atom is 0.330 e. The second-order valence-corrected chi connectivity index (χ2v) is 4.31. The number of aromatic nitrogens is 2. The van der Waals surface area contributed by atoms with Crippen LogP contribution < -0.4 is 11.2 Å². The number of hydrogen-bond donors (Lipinski definition) is 5. The van der Waals surface area contributed by atoms with Crippen molar-refractivity contribution in [1.82, 2.24) is 9.55 Å². The lowest BCUT2D eigenvalue weighted by molar-refractivity contribution is -0.0240. The van der Waals surface area contributed by atoms with Crippen LogP contribution in [0.1, 0.15) is 11.7 Å². The minimum absolute atomic E-state index is 0.371. The zero-order valence-electron chi connectivity index (χ0n) is 9.98. The lowest BCUT2D eigenvalue weighted by Gasteiger charge is -2.16. The third-order valence-corrected chi connectivity index (χ3v) is 3.16. The van der Waals surface area contributed by atoms with Gasteiger partial charge in [0, 0.05) is 7.05 Å². The lowest BCUT2D eigenvalue weighted by atomic mass is 10.0. The number of H-pyrrole nitrogens is 1. The van der Waals surface area contributed by atoms with Gasteiger partial charge in [-0.15, -0.1) is 0 Å². The fourth-order valence-electron chi connectivity index (χ4n) is 2.02. The SMILES string of the molecule is Cn1c(O)c([C@@H]2O[C@H](CO)[C@@H](O)[C@H]2O)c(=O)[nH]c1=O. The highest BCUT2D eigenvalue weighted by molar-refractivity contribution is 5.27. The van der Waals surface area contributed by atoms with Crippen molar-refractivity contribution in [2.24, 2.45) is 7.05 Å². The third kappa shape index (κ3) is 2.06. The molecular weight excluding hydrogens is 260 g/mol. The molecule has 2 heterocycles. The summed E-state index contributed by atoms with van der Waals surface area (Å²) in [5.74, 6) is -0.663. The summed E-state index contributed by atoms with van der Waals surface area (Å²) < 4.78 is 5.90. The van der Waals surface area contributed by atoms with Crippen molar-refractivity contribution in [3.63, 3.8) is 0 Å². The monoisotopic (exact) mass is 274 g/mol. The van der Waals surface area contributed by atoms with Crippen molar-refractivity contribution in [2.45, 2.75) is 24.4 Å². The van der Waals surface area contributed by atoms with Crippen LogP contribution in [0.3, 0.4) is 0 Å². The van der Waals surface area contributed by atoms with Gasteiger partial charge in [-0.3, -0.25) is 14.3 Å². The Morgan fingerprint density at radius 2 is 1.95 bits per heavy atom. The van der Waals surface area contributed by atoms with E-state index in [0.29, 0.717) is 0 Å². The largest absolute Gasteiger partial charge is 0.494 e. The molecule has 106 valence electrons. The van der Waals surface area contributed by atoms with E-state index in [1.54, 1.807) is 0 Å². The highest BCUT2D eigenvalue weighted by atomic mass is 16.6. The Balaban J connectivity index is 2.52. The average molecular weight is 274 g/mol. The van der Waals surface area contributed by atoms with Crippen molar-refractivity contribution in [3.8, 4) is 5.88 Å². The van der Waals surface area contributed by atoms with Gasteiger partial charge in [0.15, 0.2) is 0 Å². The molecule has 0 aliphatic carbocycles. The second kappa shape index (κ2) is 4.78. The summed E-state index contributed by atoms with van der Waals surface area (Å²) >= 11 is 0. The molecule has 1 fully saturated rings. The van der Waals surface area contributed by atoms with Crippen molar-refractivity contribution >= 4 is 0 Å². The molecular formula is C10H14N2O7. The first kappa shape index (κ1) is 13.7. The average Bonchev–Trinajstić information content (AvgIpc) is 2.64. The molecule has 0 spiro atoms. The van der Waals surface area contributed by atoms with Crippen molar-refractivity contribution in [1.29, 1.82) is 0 Å². The van der Waals surface area contributed by atoms with Gasteiger partial charge in [-0.25, -0.2) is 4.79 Å². The number of ether oxygens (including phenoxy) is 1. The standard InChI is InChI=1S/C10H14N2O7/c1-12-9(17)4(8(16)11-10(12)18)7-6(15)5(14)3(2-13)19-7/h3,5-7,13-15,17H,2H2,1H3,(H,11,16,18)/t3-,5-,6-,7+/m1/s1. The summed E-state index contributed by atoms with van der Waals surface area (Å²) in [4.78, 5) is 24.9. The first-order valence-electron chi connectivity index (χ1n) is 5.53. The fourth-order valence-corrected chi connectivity index (χ4v) is 2.02. The third-order valence-electron chi connectivity index (χ3n) is 3.16. The summed E-state index contributed by atoms with van der Waals surface area (Å²) in [6, 6.07) is 0. The van der Waals surface area contributed by atoms with Gasteiger partial charge in [0.25, 0.3) is 5.56 Å². The molecule has 0 saturated carbocycles. The quantitative estimate of drug-likeness (QED) is 0.385. The molecule has 1 aromatic rings. The normalized spacial score (nSPS) is 30.7. The molecule has 1 aliphatic heterocycles. The lowest BCUT2D eigenvalue weighted by Crippen LogP contribution is -2.35. The number of aliphatic hydroxyl groups is 3. The minimum atomic E-state index is -1.50. The highest BCUT2D eigenvalue weighted by Gasteiger charge is 2.45. The van der Waals surface area contributed by atoms with Crippen LogP contribution in [0.25, 0.3) is 0 Å². The van der Waals surface area contributed by atoms with Crippen molar-refractivity contribution in [3.05, 3.63) is 26.4 Å². The molecule has 0 amide bonds. The van der Waals surface area contributed by atoms with Gasteiger partial charge < -0.3 is 25.2 Å². The molecule has 0 aromatic carbocycles. The van der Waals surface area contributed by atoms with Crippen LogP contribution in [0.5, 0.6) is 5.88 Å². The summed E-state index contributed by atoms with van der Waals surface area (Å²) in [6.45, 7) is -0.556. The summed E-state index contributed by atoms with van der Waals surface area (Å²) in [5, 5.41) is 38.1. The van der Waals surface area contributed by atoms with Gasteiger partial charge in [0.2, 0.25) is 5.88 Å². The van der Waals surface area contributed by atoms with Crippen LogP contribution in [-0.4, -0.2) is 54.9 Å². The van der Waals surface area contributed by atoms with E-state index in [1.165, 1.54) is 7.05 Å². The predicted molar refractivity (Wildman–Crippen MR) is 60.7 cm³/mol. The zero-order chi connectivity index (χ0) is 14.3. The number of aromatic hydroxyl groups is 1. The molecule has 1 aromatic heterocycles. The van der Waals surface area contributed by atoms with E-state index in [2.05, 4.69) is 0 Å². The van der Waals surface area contributed by atoms with Gasteiger partial charge in [-0.05, 0) is 0 Å². The Kier molecular flexibility index (Phi) is 3.45. The smallest absolute Gasteiger partial charge is 0.330 e. The van der Waals surface area contributed by atoms with E-state index < -0.39 is 48.2 Å². The molecule has 0 radical (unpaired) electrons. The van der Waals surface area contributed by atoms with Crippen LogP contribution in [0.15, 0.2) is 9.59 Å². The van der Waals surface area contributed by atoms with Crippen LogP contribution in [0, 0.1) is 0 Å². The van der Waals surface area contributed by atoms with E-state index in [9.17, 15) is 24.9 Å². The Morgan fingerprint density at radius 3 is 2.47 bits per heavy atom. The first-order valence-corrected chi connectivity index (χ1v) is 5.53. The summed E-state index contributed by atoms with van der Waals surface area (Å²) in [6.07, 6.45) is -5.30. The van der Waals surface area contributed by atoms with E-state index in [0.717, 1.165) is 4.57 Å². The fraction of sp³-hybridized carbons (Fsp3) is 0.600. The molecule has 1 saturated heterocycles. The summed E-state index contributed by atoms with van der Waals surface area (Å²) in [5.41, 5.74) is -2.11. The van der Waals surface area contributed by atoms with Gasteiger partial charge in [-0.2, -0.15) is 0 Å². The van der Waals surface area contributed by atoms with E-state index in [4.69, 9.17) is 9.84 Å². The molecule has 0 bridgehead atoms. The Hall–Kier alpha value is -1.68. The minimum Gasteiger partial charge on any atom is -0.494 e. The number of nitrogens with zero attached hydrogens (tertiary/aromatic N) is 1. The Morgan fingerprint density at radius 1 is 1.32 bits per heavy atom. The Bertz CT molecular complexity index is 593. The maximum atomic E-state index is 11.7. The molecule has 2 rings (SSSR count). The topological polar surface area (TPSA) is 145 Å². The van der Waals surface area contributed by atoms with E-state index in [1.807, 2.05) is 4.98 Å². The van der Waals surface area contributed by atoms with Gasteiger partial charge in [-0.1, -0.05) is 0 Å². The predicted octanol–water partition coefficient (Wildman–Crippen LogP) is -3.07.